The summed E-state index contributed by atoms with van der Waals surface area (Å²) < 4.78 is 0. The van der Waals surface area contributed by atoms with Crippen LogP contribution in [0.1, 0.15) is 41.9 Å². The number of nitrogens with one attached hydrogen (secondary N) is 1. The number of piperidine rings is 1. The topological polar surface area (TPSA) is 52.7 Å². The summed E-state index contributed by atoms with van der Waals surface area (Å²) >= 11 is 8.37. The largest absolute Gasteiger partial charge is 0.325 e. The van der Waals surface area contributed by atoms with Crippen molar-refractivity contribution >= 4 is 35.3 Å². The molecule has 3 aromatic carbocycles. The summed E-state index contributed by atoms with van der Waals surface area (Å²) in [5, 5.41) is 3.59. The first-order valence-electron chi connectivity index (χ1n) is 13.9. The number of rotatable bonds is 8. The molecule has 2 saturated heterocycles. The molecule has 2 fully saturated rings. The van der Waals surface area contributed by atoms with Gasteiger partial charge in [-0.15, -0.1) is 11.8 Å². The Bertz CT molecular complexity index is 1340. The maximum absolute atomic E-state index is 13.3. The summed E-state index contributed by atoms with van der Waals surface area (Å²) in [7, 11) is 0. The molecule has 7 heteroatoms. The summed E-state index contributed by atoms with van der Waals surface area (Å²) in [6.07, 6.45) is 3.71. The second-order valence-electron chi connectivity index (χ2n) is 11.1. The van der Waals surface area contributed by atoms with E-state index in [0.29, 0.717) is 23.4 Å². The lowest BCUT2D eigenvalue weighted by molar-refractivity contribution is -0.127. The van der Waals surface area contributed by atoms with Crippen LogP contribution in [0.3, 0.4) is 0 Å². The average molecular weight is 560 g/mol. The van der Waals surface area contributed by atoms with Crippen LogP contribution in [-0.2, 0) is 16.6 Å². The number of nitrogens with zero attached hydrogens (tertiary/aromatic N) is 2. The molecule has 1 spiro atoms. The lowest BCUT2D eigenvalue weighted by atomic mass is 9.74. The molecule has 3 amide bonds. The van der Waals surface area contributed by atoms with Crippen LogP contribution >= 0.6 is 23.4 Å². The van der Waals surface area contributed by atoms with Crippen molar-refractivity contribution in [2.45, 2.75) is 48.0 Å². The highest BCUT2D eigenvalue weighted by atomic mass is 35.5. The Morgan fingerprint density at radius 3 is 2.54 bits per heavy atom. The molecule has 0 aliphatic carbocycles. The lowest BCUT2D eigenvalue weighted by Gasteiger charge is -2.40. The van der Waals surface area contributed by atoms with E-state index in [1.165, 1.54) is 34.0 Å². The summed E-state index contributed by atoms with van der Waals surface area (Å²) in [6, 6.07) is 25.8. The van der Waals surface area contributed by atoms with E-state index < -0.39 is 6.04 Å². The average Bonchev–Trinajstić information content (AvgIpc) is 3.44. The monoisotopic (exact) mass is 559 g/mol. The van der Waals surface area contributed by atoms with E-state index >= 15 is 0 Å². The van der Waals surface area contributed by atoms with Crippen molar-refractivity contribution in [3.8, 4) is 0 Å². The van der Waals surface area contributed by atoms with Crippen LogP contribution in [0, 0.1) is 0 Å². The molecular weight excluding hydrogens is 526 g/mol. The molecule has 3 aliphatic heterocycles. The Kier molecular flexibility index (Phi) is 7.70. The van der Waals surface area contributed by atoms with Gasteiger partial charge >= 0.3 is 6.03 Å². The molecule has 3 aliphatic rings. The van der Waals surface area contributed by atoms with E-state index in [-0.39, 0.29) is 17.9 Å². The first-order valence-corrected chi connectivity index (χ1v) is 15.2. The Labute approximate surface area is 239 Å². The second-order valence-corrected chi connectivity index (χ2v) is 12.5. The van der Waals surface area contributed by atoms with Gasteiger partial charge in [0.1, 0.15) is 6.04 Å². The Morgan fingerprint density at radius 2 is 1.74 bits per heavy atom. The fraction of sp³-hybridized carbons (Fsp3) is 0.375. The number of benzene rings is 3. The van der Waals surface area contributed by atoms with Crippen molar-refractivity contribution in [2.24, 2.45) is 0 Å². The Balaban J connectivity index is 1.12. The Morgan fingerprint density at radius 1 is 0.974 bits per heavy atom. The maximum atomic E-state index is 13.3. The van der Waals surface area contributed by atoms with Crippen LogP contribution in [0.5, 0.6) is 0 Å². The predicted octanol–water partition coefficient (Wildman–Crippen LogP) is 6.12. The van der Waals surface area contributed by atoms with Crippen molar-refractivity contribution in [3.05, 3.63) is 101 Å². The van der Waals surface area contributed by atoms with Gasteiger partial charge in [0, 0.05) is 40.0 Å². The van der Waals surface area contributed by atoms with E-state index in [2.05, 4.69) is 40.5 Å². The smallest absolute Gasteiger partial charge is 0.324 e. The van der Waals surface area contributed by atoms with Gasteiger partial charge in [0.15, 0.2) is 0 Å². The minimum atomic E-state index is -0.523. The fourth-order valence-corrected chi connectivity index (χ4v) is 8.05. The quantitative estimate of drug-likeness (QED) is 0.338. The number of hydrogen-bond acceptors (Lipinski definition) is 4. The first kappa shape index (κ1) is 26.4. The minimum Gasteiger partial charge on any atom is -0.325 e. The molecule has 6 rings (SSSR count). The summed E-state index contributed by atoms with van der Waals surface area (Å²) in [4.78, 5) is 31.7. The second kappa shape index (κ2) is 11.4. The van der Waals surface area contributed by atoms with Crippen molar-refractivity contribution in [3.63, 3.8) is 0 Å². The molecule has 3 aromatic rings. The van der Waals surface area contributed by atoms with Gasteiger partial charge < -0.3 is 10.2 Å². The molecule has 5 nitrogen and oxygen atoms in total. The number of carbonyl (C=O) groups excluding carboxylic acids is 2. The number of hydrogen-bond donors (Lipinski definition) is 1. The zero-order chi connectivity index (χ0) is 26.8. The number of fused-ring (bicyclic) bond motifs is 2. The molecule has 1 N–H and O–H groups in total. The number of carbonyl (C=O) groups is 2. The molecule has 3 heterocycles. The number of urea groups is 1. The predicted molar refractivity (Wildman–Crippen MR) is 158 cm³/mol. The van der Waals surface area contributed by atoms with Crippen molar-refractivity contribution in [1.82, 2.24) is 15.1 Å². The number of likely N-dealkylation sites (tertiary alicyclic amines) is 1. The third-order valence-corrected chi connectivity index (χ3v) is 10.3. The molecule has 2 atom stereocenters. The van der Waals surface area contributed by atoms with Gasteiger partial charge in [-0.1, -0.05) is 72.3 Å². The lowest BCUT2D eigenvalue weighted by Crippen LogP contribution is -2.43. The highest BCUT2D eigenvalue weighted by molar-refractivity contribution is 7.99. The number of amides is 3. The molecule has 39 heavy (non-hydrogen) atoms. The number of halogens is 1. The zero-order valence-corrected chi connectivity index (χ0v) is 23.6. The van der Waals surface area contributed by atoms with E-state index in [9.17, 15) is 9.59 Å². The SMILES string of the molecule is O=C1N[C@H](Cc2ccccc2)C(=O)N1CC(CCN1CCC2(CC1)CSc1ccccc12)c1cccc(Cl)c1. The van der Waals surface area contributed by atoms with Crippen molar-refractivity contribution in [2.75, 3.05) is 31.9 Å². The number of thioether (sulfide) groups is 1. The normalized spacial score (nSPS) is 21.3. The summed E-state index contributed by atoms with van der Waals surface area (Å²) in [5.41, 5.74) is 3.95. The van der Waals surface area contributed by atoms with E-state index in [4.69, 9.17) is 11.6 Å². The molecule has 0 saturated carbocycles. The highest BCUT2D eigenvalue weighted by Gasteiger charge is 2.42. The molecular formula is C32H34ClN3O2S. The summed E-state index contributed by atoms with van der Waals surface area (Å²) in [6.45, 7) is 3.43. The van der Waals surface area contributed by atoms with E-state index in [1.54, 1.807) is 0 Å². The van der Waals surface area contributed by atoms with Crippen LogP contribution in [0.2, 0.25) is 5.02 Å². The minimum absolute atomic E-state index is 0.0209. The van der Waals surface area contributed by atoms with Crippen molar-refractivity contribution in [1.29, 1.82) is 0 Å². The molecule has 1 unspecified atom stereocenters. The van der Waals surface area contributed by atoms with Gasteiger partial charge in [0.05, 0.1) is 0 Å². The van der Waals surface area contributed by atoms with E-state index in [1.807, 2.05) is 60.3 Å². The fourth-order valence-electron chi connectivity index (χ4n) is 6.36. The van der Waals surface area contributed by atoms with E-state index in [0.717, 1.165) is 37.2 Å². The van der Waals surface area contributed by atoms with Crippen molar-refractivity contribution < 1.29 is 9.59 Å². The van der Waals surface area contributed by atoms with Gasteiger partial charge in [-0.25, -0.2) is 4.79 Å². The highest BCUT2D eigenvalue weighted by Crippen LogP contribution is 2.49. The van der Waals surface area contributed by atoms with Gasteiger partial charge in [-0.05, 0) is 73.8 Å². The molecule has 0 aromatic heterocycles. The van der Waals surface area contributed by atoms with Crippen LogP contribution in [0.4, 0.5) is 4.79 Å². The molecule has 0 radical (unpaired) electrons. The van der Waals surface area contributed by atoms with Gasteiger partial charge in [0.25, 0.3) is 5.91 Å². The Hall–Kier alpha value is -2.80. The van der Waals surface area contributed by atoms with Gasteiger partial charge in [0.2, 0.25) is 0 Å². The number of imide groups is 1. The van der Waals surface area contributed by atoms with Crippen LogP contribution < -0.4 is 5.32 Å². The van der Waals surface area contributed by atoms with Gasteiger partial charge in [-0.2, -0.15) is 0 Å². The third kappa shape index (κ3) is 5.60. The zero-order valence-electron chi connectivity index (χ0n) is 22.0. The maximum Gasteiger partial charge on any atom is 0.324 e. The molecule has 202 valence electrons. The van der Waals surface area contributed by atoms with Crippen LogP contribution in [-0.4, -0.2) is 59.7 Å². The summed E-state index contributed by atoms with van der Waals surface area (Å²) in [5.74, 6) is 1.06. The van der Waals surface area contributed by atoms with Crippen LogP contribution in [0.15, 0.2) is 83.8 Å². The van der Waals surface area contributed by atoms with Gasteiger partial charge in [-0.3, -0.25) is 9.69 Å². The standard InChI is InChI=1S/C32H34ClN3O2S/c33-26-10-6-9-24(20-26)25(21-36-30(37)28(34-31(36)38)19-23-7-2-1-3-8-23)13-16-35-17-14-32(15-18-35)22-39-29-12-5-4-11-27(29)32/h1-12,20,25,28H,13-19,21-22H2,(H,34,38)/t25?,28-/m1/s1. The first-order chi connectivity index (χ1) is 19.0. The third-order valence-electron chi connectivity index (χ3n) is 8.68. The molecule has 0 bridgehead atoms. The van der Waals surface area contributed by atoms with Crippen LogP contribution in [0.25, 0.3) is 0 Å².